The average Bonchev–Trinajstić information content (AvgIpc) is 2.86. The number of ether oxygens (including phenoxy) is 1. The number of nitrogens with one attached hydrogen (secondary N) is 1. The van der Waals surface area contributed by atoms with E-state index in [4.69, 9.17) is 4.74 Å². The monoisotopic (exact) mass is 511 g/mol. The van der Waals surface area contributed by atoms with Crippen LogP contribution in [-0.2, 0) is 14.3 Å². The van der Waals surface area contributed by atoms with E-state index in [-0.39, 0.29) is 37.0 Å². The summed E-state index contributed by atoms with van der Waals surface area (Å²) in [7, 11) is 0. The minimum atomic E-state index is -0.361. The van der Waals surface area contributed by atoms with Gasteiger partial charge in [0, 0.05) is 12.5 Å². The third kappa shape index (κ3) is 24.6. The second-order valence-corrected chi connectivity index (χ2v) is 10.9. The Kier molecular flexibility index (Phi) is 26.1. The van der Waals surface area contributed by atoms with Crippen LogP contribution < -0.4 is 5.32 Å². The van der Waals surface area contributed by atoms with E-state index in [1.54, 1.807) is 6.92 Å². The third-order valence-corrected chi connectivity index (χ3v) is 7.01. The van der Waals surface area contributed by atoms with Crippen molar-refractivity contribution in [2.75, 3.05) is 6.61 Å². The maximum atomic E-state index is 12.4. The van der Waals surface area contributed by atoms with Gasteiger partial charge in [0.15, 0.2) is 0 Å². The topological polar surface area (TPSA) is 75.6 Å². The van der Waals surface area contributed by atoms with Gasteiger partial charge in [-0.1, -0.05) is 129 Å². The molecule has 5 heteroatoms. The highest BCUT2D eigenvalue weighted by Gasteiger charge is 2.19. The van der Waals surface area contributed by atoms with Crippen molar-refractivity contribution in [1.29, 1.82) is 0 Å². The first-order valence-corrected chi connectivity index (χ1v) is 15.6. The normalized spacial score (nSPS) is 12.9. The molecule has 5 nitrogen and oxygen atoms in total. The van der Waals surface area contributed by atoms with Gasteiger partial charge in [-0.2, -0.15) is 0 Å². The van der Waals surface area contributed by atoms with E-state index in [9.17, 15) is 14.7 Å². The van der Waals surface area contributed by atoms with Crippen LogP contribution in [0.15, 0.2) is 0 Å². The molecule has 0 saturated carbocycles. The molecule has 0 aromatic heterocycles. The van der Waals surface area contributed by atoms with Crippen LogP contribution in [0.4, 0.5) is 0 Å². The van der Waals surface area contributed by atoms with Gasteiger partial charge >= 0.3 is 5.97 Å². The number of carbonyl (C=O) groups excluding carboxylic acids is 2. The largest absolute Gasteiger partial charge is 0.462 e. The van der Waals surface area contributed by atoms with Gasteiger partial charge in [-0.25, -0.2) is 0 Å². The molecule has 0 spiro atoms. The van der Waals surface area contributed by atoms with Gasteiger partial charge < -0.3 is 15.2 Å². The number of aliphatic hydroxyl groups is 1. The zero-order chi connectivity index (χ0) is 26.7. The molecule has 0 rings (SSSR count). The first kappa shape index (κ1) is 34.9. The molecule has 0 aliphatic rings. The molecule has 0 unspecified atom stereocenters. The van der Waals surface area contributed by atoms with Gasteiger partial charge in [-0.15, -0.1) is 0 Å². The van der Waals surface area contributed by atoms with Gasteiger partial charge in [-0.05, 0) is 26.2 Å². The number of carbonyl (C=O) groups is 2. The Hall–Kier alpha value is -1.10. The molecular formula is C31H61NO4. The molecule has 0 aliphatic carbocycles. The first-order chi connectivity index (χ1) is 17.5. The lowest BCUT2D eigenvalue weighted by molar-refractivity contribution is -0.151. The van der Waals surface area contributed by atoms with Gasteiger partial charge in [0.1, 0.15) is 6.10 Å². The Morgan fingerprint density at radius 3 is 1.53 bits per heavy atom. The zero-order valence-corrected chi connectivity index (χ0v) is 24.3. The molecule has 0 aromatic rings. The molecule has 0 heterocycles. The number of rotatable bonds is 27. The molecule has 0 aromatic carbocycles. The van der Waals surface area contributed by atoms with Crippen molar-refractivity contribution in [2.24, 2.45) is 0 Å². The van der Waals surface area contributed by atoms with E-state index in [0.717, 1.165) is 32.1 Å². The fourth-order valence-electron chi connectivity index (χ4n) is 4.65. The predicted molar refractivity (Wildman–Crippen MR) is 152 cm³/mol. The van der Waals surface area contributed by atoms with E-state index in [2.05, 4.69) is 19.2 Å². The fraction of sp³-hybridized carbons (Fsp3) is 0.935. The number of esters is 1. The number of unbranched alkanes of at least 4 members (excludes halogenated alkanes) is 18. The van der Waals surface area contributed by atoms with Crippen LogP contribution >= 0.6 is 0 Å². The molecular weight excluding hydrogens is 450 g/mol. The molecule has 0 radical (unpaired) electrons. The Morgan fingerprint density at radius 2 is 1.08 bits per heavy atom. The van der Waals surface area contributed by atoms with Gasteiger partial charge in [0.2, 0.25) is 5.91 Å². The summed E-state index contributed by atoms with van der Waals surface area (Å²) in [5.41, 5.74) is 0. The van der Waals surface area contributed by atoms with E-state index in [0.29, 0.717) is 6.42 Å². The van der Waals surface area contributed by atoms with Crippen molar-refractivity contribution in [1.82, 2.24) is 5.32 Å². The summed E-state index contributed by atoms with van der Waals surface area (Å²) >= 11 is 0. The minimum Gasteiger partial charge on any atom is -0.462 e. The van der Waals surface area contributed by atoms with E-state index < -0.39 is 0 Å². The number of aliphatic hydroxyl groups excluding tert-OH is 1. The maximum absolute atomic E-state index is 12.4. The number of amides is 1. The standard InChI is InChI=1S/C31H61NO4/c1-4-6-8-10-12-14-15-17-19-21-23-25-31(35)36-29(26-30(34)32-28(3)27-33)24-22-20-18-16-13-11-9-7-5-2/h28-29,33H,4-27H2,1-3H3,(H,32,34)/t28-,29-/m1/s1. The summed E-state index contributed by atoms with van der Waals surface area (Å²) in [6, 6.07) is -0.280. The summed E-state index contributed by atoms with van der Waals surface area (Å²) in [6.07, 6.45) is 26.0. The quantitative estimate of drug-likeness (QED) is 0.0857. The molecule has 0 fully saturated rings. The van der Waals surface area contributed by atoms with Crippen LogP contribution in [0.2, 0.25) is 0 Å². The molecule has 1 amide bonds. The lowest BCUT2D eigenvalue weighted by atomic mass is 10.0. The molecule has 0 aliphatic heterocycles. The Balaban J connectivity index is 4.09. The van der Waals surface area contributed by atoms with E-state index >= 15 is 0 Å². The SMILES string of the molecule is CCCCCCCCCCCCCC(=O)O[C@H](CCCCCCCCCCC)CC(=O)N[C@H](C)CO. The molecule has 36 heavy (non-hydrogen) atoms. The zero-order valence-electron chi connectivity index (χ0n) is 24.3. The highest BCUT2D eigenvalue weighted by atomic mass is 16.5. The summed E-state index contributed by atoms with van der Waals surface area (Å²) in [5.74, 6) is -0.324. The third-order valence-electron chi connectivity index (χ3n) is 7.01. The summed E-state index contributed by atoms with van der Waals surface area (Å²) in [4.78, 5) is 24.8. The second kappa shape index (κ2) is 26.9. The van der Waals surface area contributed by atoms with Gasteiger partial charge in [0.05, 0.1) is 13.0 Å². The maximum Gasteiger partial charge on any atom is 0.306 e. The highest BCUT2D eigenvalue weighted by Crippen LogP contribution is 2.16. The number of hydrogen-bond acceptors (Lipinski definition) is 4. The first-order valence-electron chi connectivity index (χ1n) is 15.6. The van der Waals surface area contributed by atoms with Crippen LogP contribution in [-0.4, -0.2) is 35.7 Å². The number of hydrogen-bond donors (Lipinski definition) is 2. The smallest absolute Gasteiger partial charge is 0.306 e. The van der Waals surface area contributed by atoms with Crippen LogP contribution in [0.1, 0.15) is 168 Å². The molecule has 214 valence electrons. The van der Waals surface area contributed by atoms with Crippen molar-refractivity contribution >= 4 is 11.9 Å². The lowest BCUT2D eigenvalue weighted by Crippen LogP contribution is -2.37. The van der Waals surface area contributed by atoms with Crippen molar-refractivity contribution < 1.29 is 19.4 Å². The molecule has 2 atom stereocenters. The minimum absolute atomic E-state index is 0.0900. The average molecular weight is 512 g/mol. The Bertz CT molecular complexity index is 497. The fourth-order valence-corrected chi connectivity index (χ4v) is 4.65. The Labute approximate surface area is 223 Å². The summed E-state index contributed by atoms with van der Waals surface area (Å²) in [6.45, 7) is 6.18. The Morgan fingerprint density at radius 1 is 0.667 bits per heavy atom. The van der Waals surface area contributed by atoms with E-state index in [1.165, 1.54) is 103 Å². The highest BCUT2D eigenvalue weighted by molar-refractivity contribution is 5.77. The van der Waals surface area contributed by atoms with Crippen LogP contribution in [0.3, 0.4) is 0 Å². The van der Waals surface area contributed by atoms with E-state index in [1.807, 2.05) is 0 Å². The molecule has 0 bridgehead atoms. The van der Waals surface area contributed by atoms with Crippen molar-refractivity contribution in [3.63, 3.8) is 0 Å². The van der Waals surface area contributed by atoms with Gasteiger partial charge in [-0.3, -0.25) is 9.59 Å². The summed E-state index contributed by atoms with van der Waals surface area (Å²) < 4.78 is 5.74. The summed E-state index contributed by atoms with van der Waals surface area (Å²) in [5, 5.41) is 12.0. The van der Waals surface area contributed by atoms with Crippen molar-refractivity contribution in [3.05, 3.63) is 0 Å². The van der Waals surface area contributed by atoms with Crippen LogP contribution in [0, 0.1) is 0 Å². The van der Waals surface area contributed by atoms with Crippen molar-refractivity contribution in [2.45, 2.75) is 181 Å². The molecule has 0 saturated heterocycles. The lowest BCUT2D eigenvalue weighted by Gasteiger charge is -2.19. The molecule has 2 N–H and O–H groups in total. The second-order valence-electron chi connectivity index (χ2n) is 10.9. The van der Waals surface area contributed by atoms with Gasteiger partial charge in [0.25, 0.3) is 0 Å². The van der Waals surface area contributed by atoms with Crippen molar-refractivity contribution in [3.8, 4) is 0 Å². The predicted octanol–water partition coefficient (Wildman–Crippen LogP) is 8.41. The van der Waals surface area contributed by atoms with Crippen LogP contribution in [0.5, 0.6) is 0 Å². The van der Waals surface area contributed by atoms with Crippen LogP contribution in [0.25, 0.3) is 0 Å².